The van der Waals surface area contributed by atoms with Gasteiger partial charge < -0.3 is 9.84 Å². The van der Waals surface area contributed by atoms with Crippen LogP contribution in [0, 0.1) is 12.3 Å². The molecule has 0 aliphatic heterocycles. The summed E-state index contributed by atoms with van der Waals surface area (Å²) in [7, 11) is 0. The molecule has 2 unspecified atom stereocenters. The van der Waals surface area contributed by atoms with Gasteiger partial charge in [-0.1, -0.05) is 50.6 Å². The van der Waals surface area contributed by atoms with Crippen molar-refractivity contribution in [1.82, 2.24) is 0 Å². The molecule has 2 heteroatoms. The summed E-state index contributed by atoms with van der Waals surface area (Å²) in [5.74, 6) is 0. The molecule has 1 rings (SSSR count). The van der Waals surface area contributed by atoms with E-state index >= 15 is 0 Å². The number of aliphatic hydroxyl groups excluding tert-OH is 1. The summed E-state index contributed by atoms with van der Waals surface area (Å²) >= 11 is 0. The van der Waals surface area contributed by atoms with Crippen LogP contribution in [-0.2, 0) is 11.2 Å². The van der Waals surface area contributed by atoms with Crippen LogP contribution in [-0.4, -0.2) is 23.9 Å². The summed E-state index contributed by atoms with van der Waals surface area (Å²) < 4.78 is 5.72. The van der Waals surface area contributed by atoms with E-state index in [-0.39, 0.29) is 11.5 Å². The summed E-state index contributed by atoms with van der Waals surface area (Å²) in [4.78, 5) is 0. The third-order valence-electron chi connectivity index (χ3n) is 3.08. The highest BCUT2D eigenvalue weighted by atomic mass is 16.5. The molecule has 0 aliphatic carbocycles. The van der Waals surface area contributed by atoms with Gasteiger partial charge in [-0.3, -0.25) is 0 Å². The highest BCUT2D eigenvalue weighted by Crippen LogP contribution is 2.26. The van der Waals surface area contributed by atoms with Crippen LogP contribution in [0.2, 0.25) is 0 Å². The van der Waals surface area contributed by atoms with E-state index < -0.39 is 6.10 Å². The lowest BCUT2D eigenvalue weighted by atomic mass is 9.83. The van der Waals surface area contributed by atoms with Gasteiger partial charge in [-0.25, -0.2) is 0 Å². The van der Waals surface area contributed by atoms with E-state index in [4.69, 9.17) is 4.74 Å². The molecule has 1 aromatic rings. The van der Waals surface area contributed by atoms with E-state index in [2.05, 4.69) is 45.9 Å². The first-order chi connectivity index (χ1) is 8.34. The molecule has 0 fully saturated rings. The van der Waals surface area contributed by atoms with Gasteiger partial charge in [0.1, 0.15) is 0 Å². The highest BCUT2D eigenvalue weighted by Gasteiger charge is 2.31. The van der Waals surface area contributed by atoms with E-state index in [9.17, 15) is 5.11 Å². The summed E-state index contributed by atoms with van der Waals surface area (Å²) in [6.45, 7) is 11.0. The minimum Gasteiger partial charge on any atom is -0.390 e. The maximum absolute atomic E-state index is 10.4. The molecule has 0 spiro atoms. The van der Waals surface area contributed by atoms with Crippen LogP contribution in [0.25, 0.3) is 0 Å². The third kappa shape index (κ3) is 4.43. The zero-order valence-corrected chi connectivity index (χ0v) is 12.2. The first kappa shape index (κ1) is 15.2. The third-order valence-corrected chi connectivity index (χ3v) is 3.08. The van der Waals surface area contributed by atoms with Crippen molar-refractivity contribution in [3.8, 4) is 0 Å². The van der Waals surface area contributed by atoms with Gasteiger partial charge in [0.05, 0.1) is 12.2 Å². The number of hydrogen-bond acceptors (Lipinski definition) is 2. The Kier molecular flexibility index (Phi) is 5.36. The summed E-state index contributed by atoms with van der Waals surface area (Å²) in [5, 5.41) is 10.4. The van der Waals surface area contributed by atoms with E-state index in [1.165, 1.54) is 5.56 Å². The molecule has 0 aliphatic rings. The predicted octanol–water partition coefficient (Wildman–Crippen LogP) is 3.35. The van der Waals surface area contributed by atoms with Gasteiger partial charge in [-0.2, -0.15) is 0 Å². The molecule has 2 nitrogen and oxygen atoms in total. The number of benzene rings is 1. The fourth-order valence-electron chi connectivity index (χ4n) is 2.31. The van der Waals surface area contributed by atoms with Crippen molar-refractivity contribution in [3.05, 3.63) is 35.4 Å². The van der Waals surface area contributed by atoms with Gasteiger partial charge in [-0.05, 0) is 24.8 Å². The van der Waals surface area contributed by atoms with Crippen molar-refractivity contribution in [2.24, 2.45) is 5.41 Å². The Bertz CT molecular complexity index is 366. The zero-order chi connectivity index (χ0) is 13.8. The number of hydrogen-bond donors (Lipinski definition) is 1. The monoisotopic (exact) mass is 250 g/mol. The molecule has 0 amide bonds. The Morgan fingerprint density at radius 3 is 2.44 bits per heavy atom. The zero-order valence-electron chi connectivity index (χ0n) is 12.2. The fourth-order valence-corrected chi connectivity index (χ4v) is 2.31. The summed E-state index contributed by atoms with van der Waals surface area (Å²) in [6.07, 6.45) is 0.0404. The van der Waals surface area contributed by atoms with Crippen LogP contribution in [0.5, 0.6) is 0 Å². The molecule has 2 atom stereocenters. The quantitative estimate of drug-likeness (QED) is 0.868. The topological polar surface area (TPSA) is 29.5 Å². The number of aryl methyl sites for hydroxylation is 1. The van der Waals surface area contributed by atoms with Crippen molar-refractivity contribution in [2.45, 2.75) is 53.2 Å². The van der Waals surface area contributed by atoms with Crippen LogP contribution in [0.4, 0.5) is 0 Å². The second-order valence-corrected chi connectivity index (χ2v) is 6.00. The van der Waals surface area contributed by atoms with E-state index in [0.717, 1.165) is 5.56 Å². The second-order valence-electron chi connectivity index (χ2n) is 6.00. The average Bonchev–Trinajstić information content (AvgIpc) is 2.24. The van der Waals surface area contributed by atoms with Gasteiger partial charge in [0.25, 0.3) is 0 Å². The maximum atomic E-state index is 10.4. The smallest absolute Gasteiger partial charge is 0.0885 e. The molecule has 0 bridgehead atoms. The Balaban J connectivity index is 2.75. The predicted molar refractivity (Wildman–Crippen MR) is 75.8 cm³/mol. The molecule has 0 heterocycles. The second kappa shape index (κ2) is 6.35. The van der Waals surface area contributed by atoms with Crippen LogP contribution in [0.15, 0.2) is 24.3 Å². The molecular weight excluding hydrogens is 224 g/mol. The van der Waals surface area contributed by atoms with Crippen molar-refractivity contribution in [2.75, 3.05) is 6.61 Å². The first-order valence-corrected chi connectivity index (χ1v) is 6.69. The summed E-state index contributed by atoms with van der Waals surface area (Å²) in [5.41, 5.74) is 2.33. The minimum atomic E-state index is -0.466. The average molecular weight is 250 g/mol. The van der Waals surface area contributed by atoms with Crippen molar-refractivity contribution >= 4 is 0 Å². The lowest BCUT2D eigenvalue weighted by Gasteiger charge is -2.34. The van der Waals surface area contributed by atoms with Crippen molar-refractivity contribution in [1.29, 1.82) is 0 Å². The van der Waals surface area contributed by atoms with E-state index in [0.29, 0.717) is 13.0 Å². The minimum absolute atomic E-state index is 0.0563. The Labute approximate surface area is 111 Å². The Hall–Kier alpha value is -0.860. The molecule has 1 N–H and O–H groups in total. The molecule has 18 heavy (non-hydrogen) atoms. The van der Waals surface area contributed by atoms with Crippen LogP contribution in [0.1, 0.15) is 38.8 Å². The lowest BCUT2D eigenvalue weighted by molar-refractivity contribution is -0.0873. The Morgan fingerprint density at radius 1 is 1.28 bits per heavy atom. The molecule has 0 aromatic heterocycles. The molecule has 0 saturated heterocycles. The molecular formula is C16H26O2. The number of rotatable bonds is 5. The number of ether oxygens (including phenoxy) is 1. The molecule has 0 radical (unpaired) electrons. The van der Waals surface area contributed by atoms with Crippen molar-refractivity contribution < 1.29 is 9.84 Å². The van der Waals surface area contributed by atoms with Gasteiger partial charge in [0, 0.05) is 13.0 Å². The fraction of sp³-hybridized carbons (Fsp3) is 0.625. The Morgan fingerprint density at radius 2 is 1.94 bits per heavy atom. The van der Waals surface area contributed by atoms with Crippen LogP contribution >= 0.6 is 0 Å². The highest BCUT2D eigenvalue weighted by molar-refractivity contribution is 5.23. The number of aliphatic hydroxyl groups is 1. The van der Waals surface area contributed by atoms with Crippen molar-refractivity contribution in [3.63, 3.8) is 0 Å². The van der Waals surface area contributed by atoms with E-state index in [1.54, 1.807) is 0 Å². The molecule has 0 saturated carbocycles. The van der Waals surface area contributed by atoms with Crippen LogP contribution in [0.3, 0.4) is 0 Å². The van der Waals surface area contributed by atoms with Gasteiger partial charge in [0.15, 0.2) is 0 Å². The lowest BCUT2D eigenvalue weighted by Crippen LogP contribution is -2.41. The van der Waals surface area contributed by atoms with Gasteiger partial charge in [-0.15, -0.1) is 0 Å². The summed E-state index contributed by atoms with van der Waals surface area (Å²) in [6, 6.07) is 8.28. The molecule has 102 valence electrons. The molecule has 1 aromatic carbocycles. The first-order valence-electron chi connectivity index (χ1n) is 6.69. The SMILES string of the molecule is CCOC(C(O)Cc1cccc(C)c1)C(C)(C)C. The normalized spacial score (nSPS) is 15.4. The standard InChI is InChI=1S/C16H26O2/c1-6-18-15(16(3,4)5)14(17)11-13-9-7-8-12(2)10-13/h7-10,14-15,17H,6,11H2,1-5H3. The largest absolute Gasteiger partial charge is 0.390 e. The van der Waals surface area contributed by atoms with Crippen LogP contribution < -0.4 is 0 Å². The van der Waals surface area contributed by atoms with E-state index in [1.807, 2.05) is 13.0 Å². The van der Waals surface area contributed by atoms with Gasteiger partial charge >= 0.3 is 0 Å². The maximum Gasteiger partial charge on any atom is 0.0885 e. The van der Waals surface area contributed by atoms with Gasteiger partial charge in [0.2, 0.25) is 0 Å².